The molecule has 2 saturated heterocycles. The number of anilines is 1. The number of nitrogens with two attached hydrogens (primary N) is 1. The summed E-state index contributed by atoms with van der Waals surface area (Å²) in [7, 11) is 0. The van der Waals surface area contributed by atoms with Crippen molar-refractivity contribution < 1.29 is 24.0 Å². The first kappa shape index (κ1) is 28.1. The zero-order valence-electron chi connectivity index (χ0n) is 22.2. The molecule has 202 valence electrons. The largest absolute Gasteiger partial charge is 0.399 e. The third-order valence-corrected chi connectivity index (χ3v) is 6.99. The van der Waals surface area contributed by atoms with Crippen molar-refractivity contribution in [1.82, 2.24) is 20.4 Å². The summed E-state index contributed by atoms with van der Waals surface area (Å²) in [5.41, 5.74) is 6.63. The van der Waals surface area contributed by atoms with E-state index in [1.165, 1.54) is 16.7 Å². The van der Waals surface area contributed by atoms with E-state index in [1.807, 2.05) is 20.8 Å². The summed E-state index contributed by atoms with van der Waals surface area (Å²) in [6.07, 6.45) is 3.01. The van der Waals surface area contributed by atoms with Crippen LogP contribution in [0, 0.1) is 5.92 Å². The molecule has 0 aliphatic carbocycles. The summed E-state index contributed by atoms with van der Waals surface area (Å²) in [5.74, 6) is -1.37. The van der Waals surface area contributed by atoms with Gasteiger partial charge in [0.05, 0.1) is 12.6 Å². The van der Waals surface area contributed by atoms with Gasteiger partial charge in [0.2, 0.25) is 17.7 Å². The molecule has 0 radical (unpaired) electrons. The topological polar surface area (TPSA) is 142 Å². The summed E-state index contributed by atoms with van der Waals surface area (Å²) in [6, 6.07) is 3.76. The highest BCUT2D eigenvalue weighted by Gasteiger charge is 2.53. The van der Waals surface area contributed by atoms with Crippen LogP contribution in [0.4, 0.5) is 5.69 Å². The number of nitrogens with zero attached hydrogens (tertiary/aromatic N) is 2. The van der Waals surface area contributed by atoms with Gasteiger partial charge in [-0.2, -0.15) is 0 Å². The highest BCUT2D eigenvalue weighted by atomic mass is 16.2. The Hall–Kier alpha value is -3.43. The minimum Gasteiger partial charge on any atom is -0.399 e. The molecule has 2 aliphatic heterocycles. The molecular weight excluding hydrogens is 474 g/mol. The van der Waals surface area contributed by atoms with Crippen molar-refractivity contribution in [2.75, 3.05) is 18.8 Å². The van der Waals surface area contributed by atoms with Crippen molar-refractivity contribution in [3.05, 3.63) is 29.8 Å². The standard InChI is InChI=1S/C27H39N5O5/c1-5-6-7-20(29-17(4)33)26(36)32-15-23(34)24-22(32)12-13-31(24)27(37)21(14-16(2)3)30-25(35)18-8-10-19(28)11-9-18/h8-11,16,20-22,24H,5-7,12-15,28H2,1-4H3,(H,29,33)(H,30,35). The van der Waals surface area contributed by atoms with Crippen LogP contribution in [0.25, 0.3) is 0 Å². The molecule has 0 spiro atoms. The Morgan fingerprint density at radius 1 is 1.03 bits per heavy atom. The lowest BCUT2D eigenvalue weighted by atomic mass is 10.0. The summed E-state index contributed by atoms with van der Waals surface area (Å²) < 4.78 is 0. The molecule has 4 N–H and O–H groups in total. The van der Waals surface area contributed by atoms with Gasteiger partial charge in [-0.3, -0.25) is 24.0 Å². The number of hydrogen-bond donors (Lipinski definition) is 3. The maximum atomic E-state index is 13.7. The van der Waals surface area contributed by atoms with E-state index in [9.17, 15) is 24.0 Å². The van der Waals surface area contributed by atoms with Gasteiger partial charge in [0.25, 0.3) is 5.91 Å². The first-order valence-electron chi connectivity index (χ1n) is 13.1. The van der Waals surface area contributed by atoms with Crippen LogP contribution in [0.15, 0.2) is 24.3 Å². The number of rotatable bonds is 10. The Balaban J connectivity index is 1.76. The van der Waals surface area contributed by atoms with Crippen LogP contribution in [0.3, 0.4) is 0 Å². The van der Waals surface area contributed by atoms with E-state index in [4.69, 9.17) is 5.73 Å². The second-order valence-corrected chi connectivity index (χ2v) is 10.4. The van der Waals surface area contributed by atoms with Gasteiger partial charge >= 0.3 is 0 Å². The highest BCUT2D eigenvalue weighted by Crippen LogP contribution is 2.31. The molecule has 2 aliphatic rings. The van der Waals surface area contributed by atoms with Crippen molar-refractivity contribution in [3.8, 4) is 0 Å². The van der Waals surface area contributed by atoms with Gasteiger partial charge in [-0.15, -0.1) is 0 Å². The van der Waals surface area contributed by atoms with E-state index in [-0.39, 0.29) is 36.0 Å². The molecule has 1 aromatic carbocycles. The number of benzene rings is 1. The molecule has 2 heterocycles. The fourth-order valence-electron chi connectivity index (χ4n) is 5.24. The fourth-order valence-corrected chi connectivity index (χ4v) is 5.24. The van der Waals surface area contributed by atoms with Crippen molar-refractivity contribution in [2.45, 2.75) is 84.0 Å². The number of amides is 4. The fraction of sp³-hybridized carbons (Fsp3) is 0.593. The summed E-state index contributed by atoms with van der Waals surface area (Å²) in [6.45, 7) is 7.52. The second-order valence-electron chi connectivity index (χ2n) is 10.4. The lowest BCUT2D eigenvalue weighted by Crippen LogP contribution is -2.53. The minimum absolute atomic E-state index is 0.0905. The van der Waals surface area contributed by atoms with Crippen LogP contribution in [0.1, 0.15) is 70.2 Å². The number of carbonyl (C=O) groups excluding carboxylic acids is 5. The van der Waals surface area contributed by atoms with E-state index in [1.54, 1.807) is 24.3 Å². The summed E-state index contributed by atoms with van der Waals surface area (Å²) in [4.78, 5) is 67.7. The molecule has 0 saturated carbocycles. The number of Topliss-reactive ketones (excluding diaryl/α,β-unsaturated/α-hetero) is 1. The first-order valence-corrected chi connectivity index (χ1v) is 13.1. The molecule has 4 amide bonds. The molecule has 37 heavy (non-hydrogen) atoms. The monoisotopic (exact) mass is 513 g/mol. The molecule has 4 unspecified atom stereocenters. The van der Waals surface area contributed by atoms with Gasteiger partial charge in [-0.25, -0.2) is 0 Å². The molecule has 3 rings (SSSR count). The van der Waals surface area contributed by atoms with Gasteiger partial charge < -0.3 is 26.2 Å². The summed E-state index contributed by atoms with van der Waals surface area (Å²) in [5, 5.41) is 5.57. The van der Waals surface area contributed by atoms with Crippen LogP contribution < -0.4 is 16.4 Å². The maximum absolute atomic E-state index is 13.7. The predicted molar refractivity (Wildman–Crippen MR) is 139 cm³/mol. The van der Waals surface area contributed by atoms with Crippen LogP contribution >= 0.6 is 0 Å². The number of carbonyl (C=O) groups is 5. The first-order chi connectivity index (χ1) is 17.5. The lowest BCUT2D eigenvalue weighted by molar-refractivity contribution is -0.138. The third-order valence-electron chi connectivity index (χ3n) is 6.99. The van der Waals surface area contributed by atoms with Crippen molar-refractivity contribution in [3.63, 3.8) is 0 Å². The highest BCUT2D eigenvalue weighted by molar-refractivity contribution is 6.01. The van der Waals surface area contributed by atoms with Gasteiger partial charge in [0, 0.05) is 24.7 Å². The number of nitrogen functional groups attached to an aromatic ring is 1. The molecule has 1 aromatic rings. The number of ketones is 1. The normalized spacial score (nSPS) is 20.5. The Labute approximate surface area is 218 Å². The minimum atomic E-state index is -0.807. The third kappa shape index (κ3) is 6.67. The van der Waals surface area contributed by atoms with Gasteiger partial charge in [-0.1, -0.05) is 33.6 Å². The van der Waals surface area contributed by atoms with Crippen LogP contribution in [-0.2, 0) is 19.2 Å². The van der Waals surface area contributed by atoms with Crippen molar-refractivity contribution in [2.24, 2.45) is 5.92 Å². The maximum Gasteiger partial charge on any atom is 0.251 e. The average molecular weight is 514 g/mol. The summed E-state index contributed by atoms with van der Waals surface area (Å²) >= 11 is 0. The smallest absolute Gasteiger partial charge is 0.251 e. The predicted octanol–water partition coefficient (Wildman–Crippen LogP) is 1.49. The lowest BCUT2D eigenvalue weighted by Gasteiger charge is -2.30. The Morgan fingerprint density at radius 2 is 1.68 bits per heavy atom. The molecule has 10 nitrogen and oxygen atoms in total. The van der Waals surface area contributed by atoms with Crippen molar-refractivity contribution >= 4 is 35.1 Å². The Kier molecular flexibility index (Phi) is 9.29. The number of hydrogen-bond acceptors (Lipinski definition) is 6. The molecule has 2 fully saturated rings. The van der Waals surface area contributed by atoms with Crippen LogP contribution in [0.5, 0.6) is 0 Å². The molecule has 10 heteroatoms. The number of fused-ring (bicyclic) bond motifs is 1. The zero-order valence-corrected chi connectivity index (χ0v) is 22.2. The molecule has 0 bridgehead atoms. The van der Waals surface area contributed by atoms with E-state index in [0.717, 1.165) is 12.8 Å². The Bertz CT molecular complexity index is 1020. The van der Waals surface area contributed by atoms with E-state index in [2.05, 4.69) is 10.6 Å². The SMILES string of the molecule is CCCCC(NC(C)=O)C(=O)N1CC(=O)C2C1CCN2C(=O)C(CC(C)C)NC(=O)c1ccc(N)cc1. The van der Waals surface area contributed by atoms with E-state index < -0.39 is 30.1 Å². The number of likely N-dealkylation sites (tertiary alicyclic amines) is 2. The number of nitrogens with one attached hydrogen (secondary N) is 2. The van der Waals surface area contributed by atoms with Gasteiger partial charge in [0.15, 0.2) is 5.78 Å². The zero-order chi connectivity index (χ0) is 27.3. The molecular formula is C27H39N5O5. The molecule has 4 atom stereocenters. The van der Waals surface area contributed by atoms with Crippen molar-refractivity contribution in [1.29, 1.82) is 0 Å². The van der Waals surface area contributed by atoms with E-state index in [0.29, 0.717) is 37.1 Å². The number of unbranched alkanes of at least 4 members (excludes halogenated alkanes) is 1. The average Bonchev–Trinajstić information content (AvgIpc) is 3.41. The van der Waals surface area contributed by atoms with Crippen LogP contribution in [0.2, 0.25) is 0 Å². The van der Waals surface area contributed by atoms with Gasteiger partial charge in [0.1, 0.15) is 18.1 Å². The second kappa shape index (κ2) is 12.2. The van der Waals surface area contributed by atoms with Crippen LogP contribution in [-0.4, -0.2) is 76.5 Å². The van der Waals surface area contributed by atoms with E-state index >= 15 is 0 Å². The quantitative estimate of drug-likeness (QED) is 0.405. The van der Waals surface area contributed by atoms with Gasteiger partial charge in [-0.05, 0) is 49.4 Å². The Morgan fingerprint density at radius 3 is 2.27 bits per heavy atom. The molecule has 0 aromatic heterocycles.